The Bertz CT molecular complexity index is 810. The molecular weight excluding hydrogens is 350 g/mol. The Morgan fingerprint density at radius 1 is 0.963 bits per heavy atom. The highest BCUT2D eigenvalue weighted by Crippen LogP contribution is 2.15. The molecule has 1 saturated heterocycles. The lowest BCUT2D eigenvalue weighted by Gasteiger charge is -2.28. The first-order valence-corrected chi connectivity index (χ1v) is 8.69. The van der Waals surface area contributed by atoms with Crippen LogP contribution in [0.15, 0.2) is 36.4 Å². The SMILES string of the molecule is O=C(CCN1C(=O)C=CC1=O)Nc1ccc(CCC(=O)N2CCC2=O)cc1. The summed E-state index contributed by atoms with van der Waals surface area (Å²) in [7, 11) is 0. The molecule has 8 nitrogen and oxygen atoms in total. The molecule has 0 bridgehead atoms. The second-order valence-electron chi connectivity index (χ2n) is 6.35. The molecule has 0 saturated carbocycles. The van der Waals surface area contributed by atoms with Crippen LogP contribution in [0.2, 0.25) is 0 Å². The number of nitrogens with one attached hydrogen (secondary N) is 1. The lowest BCUT2D eigenvalue weighted by atomic mass is 10.1. The first-order valence-electron chi connectivity index (χ1n) is 8.69. The van der Waals surface area contributed by atoms with Gasteiger partial charge < -0.3 is 5.32 Å². The number of carbonyl (C=O) groups is 5. The zero-order valence-electron chi connectivity index (χ0n) is 14.6. The van der Waals surface area contributed by atoms with Crippen molar-refractivity contribution in [3.63, 3.8) is 0 Å². The van der Waals surface area contributed by atoms with E-state index in [9.17, 15) is 24.0 Å². The highest BCUT2D eigenvalue weighted by molar-refractivity contribution is 6.13. The Labute approximate surface area is 155 Å². The minimum absolute atomic E-state index is 0.0132. The Morgan fingerprint density at radius 3 is 2.19 bits per heavy atom. The fourth-order valence-electron chi connectivity index (χ4n) is 2.81. The molecule has 0 radical (unpaired) electrons. The van der Waals surface area contributed by atoms with Crippen LogP contribution in [-0.2, 0) is 30.4 Å². The van der Waals surface area contributed by atoms with Crippen LogP contribution in [0.25, 0.3) is 0 Å². The summed E-state index contributed by atoms with van der Waals surface area (Å²) in [5, 5.41) is 2.70. The smallest absolute Gasteiger partial charge is 0.253 e. The molecule has 1 aromatic rings. The normalized spacial score (nSPS) is 15.9. The zero-order chi connectivity index (χ0) is 19.4. The van der Waals surface area contributed by atoms with Crippen molar-refractivity contribution in [2.24, 2.45) is 0 Å². The number of aryl methyl sites for hydroxylation is 1. The van der Waals surface area contributed by atoms with Crippen molar-refractivity contribution < 1.29 is 24.0 Å². The van der Waals surface area contributed by atoms with Crippen LogP contribution in [0.5, 0.6) is 0 Å². The lowest BCUT2D eigenvalue weighted by Crippen LogP contribution is -2.47. The van der Waals surface area contributed by atoms with E-state index in [2.05, 4.69) is 5.32 Å². The molecule has 3 rings (SSSR count). The van der Waals surface area contributed by atoms with Crippen molar-refractivity contribution in [3.8, 4) is 0 Å². The number of amides is 5. The van der Waals surface area contributed by atoms with Crippen LogP contribution in [-0.4, -0.2) is 52.4 Å². The minimum atomic E-state index is -0.411. The van der Waals surface area contributed by atoms with Crippen molar-refractivity contribution in [1.29, 1.82) is 0 Å². The third-order valence-electron chi connectivity index (χ3n) is 4.48. The predicted octanol–water partition coefficient (Wildman–Crippen LogP) is 0.632. The van der Waals surface area contributed by atoms with Crippen molar-refractivity contribution in [1.82, 2.24) is 9.80 Å². The van der Waals surface area contributed by atoms with E-state index < -0.39 is 11.8 Å². The first kappa shape index (κ1) is 18.5. The predicted molar refractivity (Wildman–Crippen MR) is 95.2 cm³/mol. The standard InChI is InChI=1S/C19H19N3O5/c23-15(9-11-21-17(25)7-8-18(21)26)20-14-4-1-13(2-5-14)3-6-16(24)22-12-10-19(22)27/h1-2,4-5,7-8H,3,6,9-12H2,(H,20,23). The number of hydrogen-bond acceptors (Lipinski definition) is 5. The molecule has 1 fully saturated rings. The summed E-state index contributed by atoms with van der Waals surface area (Å²) >= 11 is 0. The van der Waals surface area contributed by atoms with Gasteiger partial charge in [-0.15, -0.1) is 0 Å². The Balaban J connectivity index is 1.42. The lowest BCUT2D eigenvalue weighted by molar-refractivity contribution is -0.152. The van der Waals surface area contributed by atoms with Crippen LogP contribution in [0.1, 0.15) is 24.8 Å². The summed E-state index contributed by atoms with van der Waals surface area (Å²) in [6.45, 7) is 0.541. The maximum atomic E-state index is 12.0. The maximum absolute atomic E-state index is 12.0. The molecule has 1 N–H and O–H groups in total. The van der Waals surface area contributed by atoms with Crippen LogP contribution >= 0.6 is 0 Å². The molecule has 0 aliphatic carbocycles. The van der Waals surface area contributed by atoms with Gasteiger partial charge in [0, 0.05) is 50.2 Å². The molecule has 2 aliphatic rings. The fourth-order valence-corrected chi connectivity index (χ4v) is 2.81. The third-order valence-corrected chi connectivity index (χ3v) is 4.48. The number of rotatable bonds is 7. The highest BCUT2D eigenvalue weighted by atomic mass is 16.2. The summed E-state index contributed by atoms with van der Waals surface area (Å²) < 4.78 is 0. The second kappa shape index (κ2) is 7.94. The van der Waals surface area contributed by atoms with Gasteiger partial charge in [-0.25, -0.2) is 0 Å². The van der Waals surface area contributed by atoms with Gasteiger partial charge >= 0.3 is 0 Å². The van der Waals surface area contributed by atoms with Crippen molar-refractivity contribution in [2.75, 3.05) is 18.4 Å². The topological polar surface area (TPSA) is 104 Å². The summed E-state index contributed by atoms with van der Waals surface area (Å²) in [4.78, 5) is 60.2. The quantitative estimate of drug-likeness (QED) is 0.561. The minimum Gasteiger partial charge on any atom is -0.326 e. The Kier molecular flexibility index (Phi) is 5.44. The largest absolute Gasteiger partial charge is 0.326 e. The van der Waals surface area contributed by atoms with Gasteiger partial charge in [0.15, 0.2) is 0 Å². The van der Waals surface area contributed by atoms with Crippen molar-refractivity contribution >= 4 is 35.2 Å². The molecule has 2 heterocycles. The molecule has 8 heteroatoms. The molecule has 5 amide bonds. The number of imide groups is 2. The number of benzene rings is 1. The van der Waals surface area contributed by atoms with Gasteiger partial charge in [-0.05, 0) is 24.1 Å². The third kappa shape index (κ3) is 4.46. The average molecular weight is 369 g/mol. The average Bonchev–Trinajstić information content (AvgIpc) is 2.96. The zero-order valence-corrected chi connectivity index (χ0v) is 14.6. The van der Waals surface area contributed by atoms with E-state index >= 15 is 0 Å². The van der Waals surface area contributed by atoms with E-state index in [0.717, 1.165) is 10.5 Å². The van der Waals surface area contributed by atoms with E-state index in [-0.39, 0.29) is 37.1 Å². The molecule has 0 atom stereocenters. The molecule has 0 unspecified atom stereocenters. The van der Waals surface area contributed by atoms with Crippen molar-refractivity contribution in [2.45, 2.75) is 25.7 Å². The number of hydrogen-bond donors (Lipinski definition) is 1. The van der Waals surface area contributed by atoms with Gasteiger partial charge in [0.2, 0.25) is 17.7 Å². The Hall–Kier alpha value is -3.29. The summed E-state index contributed by atoms with van der Waals surface area (Å²) in [6.07, 6.45) is 3.60. The fraction of sp³-hybridized carbons (Fsp3) is 0.316. The summed E-state index contributed by atoms with van der Waals surface area (Å²) in [5.41, 5.74) is 1.51. The van der Waals surface area contributed by atoms with Gasteiger partial charge in [0.25, 0.3) is 11.8 Å². The molecule has 140 valence electrons. The number of likely N-dealkylation sites (tertiary alicyclic amines) is 1. The van der Waals surface area contributed by atoms with Gasteiger partial charge in [-0.2, -0.15) is 0 Å². The van der Waals surface area contributed by atoms with Crippen LogP contribution in [0.3, 0.4) is 0 Å². The highest BCUT2D eigenvalue weighted by Gasteiger charge is 2.29. The van der Waals surface area contributed by atoms with Crippen molar-refractivity contribution in [3.05, 3.63) is 42.0 Å². The molecule has 0 aromatic heterocycles. The molecule has 1 aromatic carbocycles. The monoisotopic (exact) mass is 369 g/mol. The summed E-state index contributed by atoms with van der Waals surface area (Å²) in [6, 6.07) is 7.05. The summed E-state index contributed by atoms with van der Waals surface area (Å²) in [5.74, 6) is -1.41. The van der Waals surface area contributed by atoms with E-state index in [1.165, 1.54) is 17.1 Å². The molecule has 0 spiro atoms. The van der Waals surface area contributed by atoms with Gasteiger partial charge in [0.1, 0.15) is 0 Å². The van der Waals surface area contributed by atoms with Crippen LogP contribution in [0, 0.1) is 0 Å². The number of β-lactam (4-membered cyclic amide) rings is 1. The van der Waals surface area contributed by atoms with Crippen LogP contribution in [0.4, 0.5) is 5.69 Å². The Morgan fingerprint density at radius 2 is 1.63 bits per heavy atom. The first-order chi connectivity index (χ1) is 12.9. The number of carbonyl (C=O) groups excluding carboxylic acids is 5. The van der Waals surface area contributed by atoms with E-state index in [4.69, 9.17) is 0 Å². The van der Waals surface area contributed by atoms with E-state index in [1.54, 1.807) is 24.3 Å². The molecule has 2 aliphatic heterocycles. The van der Waals surface area contributed by atoms with Gasteiger partial charge in [0.05, 0.1) is 0 Å². The van der Waals surface area contributed by atoms with Gasteiger partial charge in [-0.1, -0.05) is 12.1 Å². The van der Waals surface area contributed by atoms with Crippen LogP contribution < -0.4 is 5.32 Å². The molecule has 27 heavy (non-hydrogen) atoms. The van der Waals surface area contributed by atoms with Gasteiger partial charge in [-0.3, -0.25) is 33.8 Å². The number of nitrogens with zero attached hydrogens (tertiary/aromatic N) is 2. The maximum Gasteiger partial charge on any atom is 0.253 e. The van der Waals surface area contributed by atoms with E-state index in [1.807, 2.05) is 0 Å². The second-order valence-corrected chi connectivity index (χ2v) is 6.35. The number of anilines is 1. The van der Waals surface area contributed by atoms with E-state index in [0.29, 0.717) is 25.1 Å². The molecular formula is C19H19N3O5.